The van der Waals surface area contributed by atoms with Crippen molar-refractivity contribution in [3.63, 3.8) is 0 Å². The zero-order valence-corrected chi connectivity index (χ0v) is 18.2. The number of rotatable bonds is 8. The summed E-state index contributed by atoms with van der Waals surface area (Å²) in [7, 11) is -2.15. The van der Waals surface area contributed by atoms with Crippen LogP contribution in [0.15, 0.2) is 47.6 Å². The van der Waals surface area contributed by atoms with Gasteiger partial charge in [0.1, 0.15) is 10.6 Å². The number of H-pyrrole nitrogens is 1. The van der Waals surface area contributed by atoms with Gasteiger partial charge in [-0.2, -0.15) is 4.31 Å². The summed E-state index contributed by atoms with van der Waals surface area (Å²) in [5.74, 6) is -1.11. The van der Waals surface area contributed by atoms with Gasteiger partial charge in [-0.3, -0.25) is 4.79 Å². The Labute approximate surface area is 175 Å². The molecule has 1 aromatic carbocycles. The number of sulfonamides is 1. The monoisotopic (exact) mass is 431 g/mol. The third-order valence-corrected chi connectivity index (χ3v) is 7.06. The average molecular weight is 432 g/mol. The van der Waals surface area contributed by atoms with E-state index in [-0.39, 0.29) is 16.4 Å². The first-order valence-electron chi connectivity index (χ1n) is 9.68. The van der Waals surface area contributed by atoms with Gasteiger partial charge in [0.05, 0.1) is 0 Å². The molecule has 0 aliphatic rings. The van der Waals surface area contributed by atoms with E-state index in [1.54, 1.807) is 27.1 Å². The van der Waals surface area contributed by atoms with Crippen LogP contribution in [-0.2, 0) is 21.8 Å². The Morgan fingerprint density at radius 2 is 1.87 bits per heavy atom. The number of aromatic amines is 1. The fourth-order valence-corrected chi connectivity index (χ4v) is 4.89. The molecule has 8 nitrogen and oxygen atoms in total. The Kier molecular flexibility index (Phi) is 6.14. The third-order valence-electron chi connectivity index (χ3n) is 5.04. The highest BCUT2D eigenvalue weighted by atomic mass is 32.2. The number of ketones is 1. The number of Topliss-reactive ketones (excluding diaryl/α,β-unsaturated/α-hetero) is 1. The largest absolute Gasteiger partial charge is 0.450 e. The number of para-hydroxylation sites is 1. The van der Waals surface area contributed by atoms with Crippen molar-refractivity contribution in [2.24, 2.45) is 7.05 Å². The lowest BCUT2D eigenvalue weighted by Gasteiger charge is -2.17. The van der Waals surface area contributed by atoms with Crippen molar-refractivity contribution >= 4 is 32.7 Å². The summed E-state index contributed by atoms with van der Waals surface area (Å²) >= 11 is 0. The molecule has 0 fully saturated rings. The van der Waals surface area contributed by atoms with Crippen LogP contribution in [0.25, 0.3) is 10.9 Å². The second-order valence-electron chi connectivity index (χ2n) is 6.92. The first-order valence-corrected chi connectivity index (χ1v) is 11.1. The molecule has 0 radical (unpaired) electrons. The van der Waals surface area contributed by atoms with E-state index in [0.29, 0.717) is 18.7 Å². The van der Waals surface area contributed by atoms with Gasteiger partial charge in [-0.15, -0.1) is 0 Å². The number of nitrogens with zero attached hydrogens (tertiary/aromatic N) is 2. The number of carbonyl (C=O) groups is 2. The van der Waals surface area contributed by atoms with E-state index in [1.165, 1.54) is 28.1 Å². The van der Waals surface area contributed by atoms with Crippen molar-refractivity contribution in [1.82, 2.24) is 13.9 Å². The van der Waals surface area contributed by atoms with Gasteiger partial charge in [-0.25, -0.2) is 13.2 Å². The minimum atomic E-state index is -3.71. The molecule has 0 bridgehead atoms. The molecule has 1 atom stereocenters. The number of aromatic nitrogens is 2. The summed E-state index contributed by atoms with van der Waals surface area (Å²) in [5, 5.41) is 0.747. The molecule has 9 heteroatoms. The van der Waals surface area contributed by atoms with Crippen LogP contribution in [0.1, 0.15) is 41.6 Å². The number of ether oxygens (including phenoxy) is 1. The normalized spacial score (nSPS) is 13.0. The smallest absolute Gasteiger partial charge is 0.355 e. The topological polar surface area (TPSA) is 101 Å². The van der Waals surface area contributed by atoms with Crippen LogP contribution in [0.3, 0.4) is 0 Å². The molecular weight excluding hydrogens is 406 g/mol. The van der Waals surface area contributed by atoms with E-state index in [1.807, 2.05) is 24.3 Å². The Morgan fingerprint density at radius 3 is 2.53 bits per heavy atom. The molecule has 1 N–H and O–H groups in total. The molecule has 3 rings (SSSR count). The van der Waals surface area contributed by atoms with E-state index in [9.17, 15) is 18.0 Å². The van der Waals surface area contributed by atoms with Crippen LogP contribution in [-0.4, -0.2) is 53.2 Å². The lowest BCUT2D eigenvalue weighted by Crippen LogP contribution is -2.30. The fraction of sp³-hybridized carbons (Fsp3) is 0.333. The van der Waals surface area contributed by atoms with Crippen molar-refractivity contribution < 1.29 is 22.7 Å². The molecule has 2 heterocycles. The molecule has 0 aliphatic carbocycles. The maximum absolute atomic E-state index is 12.8. The van der Waals surface area contributed by atoms with E-state index in [2.05, 4.69) is 4.98 Å². The summed E-state index contributed by atoms with van der Waals surface area (Å²) in [5.41, 5.74) is 1.30. The van der Waals surface area contributed by atoms with Crippen LogP contribution < -0.4 is 0 Å². The fourth-order valence-electron chi connectivity index (χ4n) is 3.36. The highest BCUT2D eigenvalue weighted by Gasteiger charge is 2.28. The molecule has 0 saturated heterocycles. The van der Waals surface area contributed by atoms with Gasteiger partial charge in [0.25, 0.3) is 0 Å². The zero-order valence-electron chi connectivity index (χ0n) is 17.4. The third kappa shape index (κ3) is 3.90. The highest BCUT2D eigenvalue weighted by molar-refractivity contribution is 7.89. The maximum atomic E-state index is 12.8. The van der Waals surface area contributed by atoms with Gasteiger partial charge in [-0.1, -0.05) is 32.0 Å². The second-order valence-corrected chi connectivity index (χ2v) is 8.86. The summed E-state index contributed by atoms with van der Waals surface area (Å²) in [6.07, 6.45) is 1.93. The van der Waals surface area contributed by atoms with Crippen LogP contribution in [0.5, 0.6) is 0 Å². The molecule has 160 valence electrons. The Morgan fingerprint density at radius 1 is 1.20 bits per heavy atom. The van der Waals surface area contributed by atoms with Crippen molar-refractivity contribution in [3.8, 4) is 0 Å². The number of hydrogen-bond acceptors (Lipinski definition) is 5. The Balaban J connectivity index is 1.81. The minimum Gasteiger partial charge on any atom is -0.450 e. The van der Waals surface area contributed by atoms with Crippen LogP contribution in [0.4, 0.5) is 0 Å². The lowest BCUT2D eigenvalue weighted by molar-refractivity contribution is 0.0310. The van der Waals surface area contributed by atoms with Crippen LogP contribution in [0, 0.1) is 0 Å². The van der Waals surface area contributed by atoms with E-state index < -0.39 is 22.1 Å². The highest BCUT2D eigenvalue weighted by Crippen LogP contribution is 2.22. The first-order chi connectivity index (χ1) is 14.2. The van der Waals surface area contributed by atoms with Gasteiger partial charge >= 0.3 is 5.97 Å². The number of carbonyl (C=O) groups excluding carboxylic acids is 2. The summed E-state index contributed by atoms with van der Waals surface area (Å²) in [4.78, 5) is 28.5. The molecule has 30 heavy (non-hydrogen) atoms. The number of esters is 1. The molecule has 0 aliphatic heterocycles. The van der Waals surface area contributed by atoms with Gasteiger partial charge in [0.2, 0.25) is 15.8 Å². The molecular formula is C21H25N3O5S. The number of nitrogens with one attached hydrogen (secondary N) is 1. The quantitative estimate of drug-likeness (QED) is 0.436. The summed E-state index contributed by atoms with van der Waals surface area (Å²) in [6.45, 7) is 5.64. The van der Waals surface area contributed by atoms with Crippen molar-refractivity contribution in [2.75, 3.05) is 13.1 Å². The first kappa shape index (κ1) is 21.8. The van der Waals surface area contributed by atoms with Gasteiger partial charge in [0.15, 0.2) is 6.10 Å². The standard InChI is InChI=1S/C21H25N3O5S/c1-5-24(6-2)30(27,28)15-11-19(23(4)13-15)21(26)29-14(3)20(25)17-12-22-18-10-8-7-9-16(17)18/h7-14,22H,5-6H2,1-4H3. The SMILES string of the molecule is CCN(CC)S(=O)(=O)c1cc(C(=O)OC(C)C(=O)c2c[nH]c3ccccc23)n(C)c1. The number of benzene rings is 1. The van der Waals surface area contributed by atoms with E-state index in [4.69, 9.17) is 4.74 Å². The molecule has 1 unspecified atom stereocenters. The Hall–Kier alpha value is -2.91. The van der Waals surface area contributed by atoms with Crippen molar-refractivity contribution in [3.05, 3.63) is 54.0 Å². The molecule has 2 aromatic heterocycles. The predicted octanol–water partition coefficient (Wildman–Crippen LogP) is 2.97. The van der Waals surface area contributed by atoms with Crippen LogP contribution >= 0.6 is 0 Å². The molecule has 0 saturated carbocycles. The molecule has 3 aromatic rings. The molecule has 0 amide bonds. The summed E-state index contributed by atoms with van der Waals surface area (Å²) < 4.78 is 33.4. The van der Waals surface area contributed by atoms with Crippen LogP contribution in [0.2, 0.25) is 0 Å². The van der Waals surface area contributed by atoms with E-state index >= 15 is 0 Å². The molecule has 0 spiro atoms. The Bertz CT molecular complexity index is 1190. The van der Waals surface area contributed by atoms with Crippen molar-refractivity contribution in [1.29, 1.82) is 0 Å². The second kappa shape index (κ2) is 8.45. The zero-order chi connectivity index (χ0) is 22.1. The summed E-state index contributed by atoms with van der Waals surface area (Å²) in [6, 6.07) is 8.62. The maximum Gasteiger partial charge on any atom is 0.355 e. The van der Waals surface area contributed by atoms with E-state index in [0.717, 1.165) is 10.9 Å². The number of fused-ring (bicyclic) bond motifs is 1. The van der Waals surface area contributed by atoms with Gasteiger partial charge in [0, 0.05) is 49.0 Å². The number of hydrogen-bond donors (Lipinski definition) is 1. The lowest BCUT2D eigenvalue weighted by atomic mass is 10.1. The minimum absolute atomic E-state index is 0.0104. The predicted molar refractivity (Wildman–Crippen MR) is 113 cm³/mol. The number of aryl methyl sites for hydroxylation is 1. The average Bonchev–Trinajstić information content (AvgIpc) is 3.32. The van der Waals surface area contributed by atoms with Crippen molar-refractivity contribution in [2.45, 2.75) is 31.8 Å². The van der Waals surface area contributed by atoms with Gasteiger partial charge < -0.3 is 14.3 Å². The van der Waals surface area contributed by atoms with Gasteiger partial charge in [-0.05, 0) is 19.1 Å².